The fourth-order valence-corrected chi connectivity index (χ4v) is 2.82. The van der Waals surface area contributed by atoms with Crippen LogP contribution < -0.4 is 10.6 Å². The van der Waals surface area contributed by atoms with Crippen molar-refractivity contribution in [2.45, 2.75) is 44.4 Å². The molecule has 0 aliphatic heterocycles. The summed E-state index contributed by atoms with van der Waals surface area (Å²) in [5.74, 6) is 0.931. The maximum Gasteiger partial charge on any atom is 0.191 e. The third-order valence-corrected chi connectivity index (χ3v) is 4.34. The van der Waals surface area contributed by atoms with Crippen molar-refractivity contribution in [1.29, 1.82) is 0 Å². The van der Waals surface area contributed by atoms with Crippen molar-refractivity contribution >= 4 is 5.96 Å². The lowest BCUT2D eigenvalue weighted by Crippen LogP contribution is -2.49. The summed E-state index contributed by atoms with van der Waals surface area (Å²) >= 11 is 0. The standard InChI is InChI=1S/C17H27N3/c1-3-4-13-19-16(18-2)20-14-17(11-8-12-17)15-9-6-5-7-10-15/h5-7,9-10H,3-4,8,11-14H2,1-2H3,(H2,18,19,20). The Morgan fingerprint density at radius 1 is 1.20 bits per heavy atom. The molecule has 0 radical (unpaired) electrons. The van der Waals surface area contributed by atoms with Crippen LogP contribution in [0.15, 0.2) is 35.3 Å². The van der Waals surface area contributed by atoms with Crippen LogP contribution in [0.25, 0.3) is 0 Å². The fourth-order valence-electron chi connectivity index (χ4n) is 2.82. The molecule has 0 bridgehead atoms. The van der Waals surface area contributed by atoms with Crippen LogP contribution in [0.5, 0.6) is 0 Å². The van der Waals surface area contributed by atoms with Crippen molar-refractivity contribution in [1.82, 2.24) is 10.6 Å². The van der Waals surface area contributed by atoms with Crippen LogP contribution in [0.2, 0.25) is 0 Å². The highest BCUT2D eigenvalue weighted by Crippen LogP contribution is 2.43. The summed E-state index contributed by atoms with van der Waals surface area (Å²) in [6, 6.07) is 10.9. The van der Waals surface area contributed by atoms with Gasteiger partial charge in [0.2, 0.25) is 0 Å². The van der Waals surface area contributed by atoms with Gasteiger partial charge in [0.25, 0.3) is 0 Å². The van der Waals surface area contributed by atoms with E-state index in [9.17, 15) is 0 Å². The Hall–Kier alpha value is -1.51. The van der Waals surface area contributed by atoms with E-state index in [-0.39, 0.29) is 0 Å². The van der Waals surface area contributed by atoms with Crippen LogP contribution in [0, 0.1) is 0 Å². The molecule has 0 amide bonds. The number of guanidine groups is 1. The normalized spacial score (nSPS) is 17.4. The molecule has 20 heavy (non-hydrogen) atoms. The molecule has 1 aliphatic carbocycles. The second-order valence-electron chi connectivity index (χ2n) is 5.71. The minimum atomic E-state index is 0.309. The molecule has 0 aromatic heterocycles. The Morgan fingerprint density at radius 2 is 1.95 bits per heavy atom. The monoisotopic (exact) mass is 273 g/mol. The molecule has 110 valence electrons. The second-order valence-corrected chi connectivity index (χ2v) is 5.71. The van der Waals surface area contributed by atoms with Gasteiger partial charge in [-0.3, -0.25) is 4.99 Å². The summed E-state index contributed by atoms with van der Waals surface area (Å²) in [5, 5.41) is 6.89. The van der Waals surface area contributed by atoms with Crippen molar-refractivity contribution in [2.75, 3.05) is 20.1 Å². The van der Waals surface area contributed by atoms with Crippen molar-refractivity contribution in [2.24, 2.45) is 4.99 Å². The van der Waals surface area contributed by atoms with E-state index in [4.69, 9.17) is 0 Å². The number of nitrogens with zero attached hydrogens (tertiary/aromatic N) is 1. The van der Waals surface area contributed by atoms with E-state index >= 15 is 0 Å². The highest BCUT2D eigenvalue weighted by atomic mass is 15.2. The molecule has 2 rings (SSSR count). The lowest BCUT2D eigenvalue weighted by molar-refractivity contribution is 0.244. The smallest absolute Gasteiger partial charge is 0.191 e. The molecule has 0 saturated heterocycles. The molecule has 0 heterocycles. The maximum absolute atomic E-state index is 4.31. The van der Waals surface area contributed by atoms with Crippen LogP contribution in [-0.4, -0.2) is 26.1 Å². The van der Waals surface area contributed by atoms with Gasteiger partial charge in [0.15, 0.2) is 5.96 Å². The van der Waals surface area contributed by atoms with Crippen molar-refractivity contribution < 1.29 is 0 Å². The minimum Gasteiger partial charge on any atom is -0.356 e. The Labute approximate surface area is 122 Å². The summed E-state index contributed by atoms with van der Waals surface area (Å²) in [7, 11) is 1.84. The van der Waals surface area contributed by atoms with Crippen LogP contribution in [-0.2, 0) is 5.41 Å². The number of aliphatic imine (C=N–C) groups is 1. The summed E-state index contributed by atoms with van der Waals surface area (Å²) < 4.78 is 0. The maximum atomic E-state index is 4.31. The van der Waals surface area contributed by atoms with Crippen LogP contribution >= 0.6 is 0 Å². The van der Waals surface area contributed by atoms with Gasteiger partial charge < -0.3 is 10.6 Å². The number of benzene rings is 1. The Balaban J connectivity index is 1.91. The van der Waals surface area contributed by atoms with Crippen LogP contribution in [0.3, 0.4) is 0 Å². The molecule has 1 fully saturated rings. The molecule has 0 spiro atoms. The molecule has 1 aliphatic rings. The average Bonchev–Trinajstić information content (AvgIpc) is 2.45. The minimum absolute atomic E-state index is 0.309. The highest BCUT2D eigenvalue weighted by molar-refractivity contribution is 5.79. The molecule has 2 N–H and O–H groups in total. The molecule has 0 unspecified atom stereocenters. The summed E-state index contributed by atoms with van der Waals surface area (Å²) in [5.41, 5.74) is 1.77. The first-order valence-corrected chi connectivity index (χ1v) is 7.81. The highest BCUT2D eigenvalue weighted by Gasteiger charge is 2.38. The Bertz CT molecular complexity index is 421. The van der Waals surface area contributed by atoms with Gasteiger partial charge in [0.1, 0.15) is 0 Å². The van der Waals surface area contributed by atoms with Gasteiger partial charge in [-0.1, -0.05) is 50.1 Å². The van der Waals surface area contributed by atoms with Gasteiger partial charge in [-0.25, -0.2) is 0 Å². The topological polar surface area (TPSA) is 36.4 Å². The zero-order valence-electron chi connectivity index (χ0n) is 12.8. The number of rotatable bonds is 6. The number of nitrogens with one attached hydrogen (secondary N) is 2. The van der Waals surface area contributed by atoms with E-state index in [1.165, 1.54) is 37.7 Å². The quantitative estimate of drug-likeness (QED) is 0.475. The zero-order chi connectivity index (χ0) is 14.3. The fraction of sp³-hybridized carbons (Fsp3) is 0.588. The molecular formula is C17H27N3. The molecule has 1 aromatic rings. The molecular weight excluding hydrogens is 246 g/mol. The second kappa shape index (κ2) is 7.32. The third kappa shape index (κ3) is 3.53. The Kier molecular flexibility index (Phi) is 5.45. The first-order chi connectivity index (χ1) is 9.80. The van der Waals surface area contributed by atoms with Crippen LogP contribution in [0.4, 0.5) is 0 Å². The molecule has 0 atom stereocenters. The predicted molar refractivity (Wildman–Crippen MR) is 86.2 cm³/mol. The van der Waals surface area contributed by atoms with E-state index in [2.05, 4.69) is 52.9 Å². The van der Waals surface area contributed by atoms with Gasteiger partial charge in [-0.2, -0.15) is 0 Å². The van der Waals surface area contributed by atoms with Crippen molar-refractivity contribution in [3.05, 3.63) is 35.9 Å². The van der Waals surface area contributed by atoms with Gasteiger partial charge in [-0.05, 0) is 24.8 Å². The van der Waals surface area contributed by atoms with Crippen molar-refractivity contribution in [3.63, 3.8) is 0 Å². The van der Waals surface area contributed by atoms with Crippen molar-refractivity contribution in [3.8, 4) is 0 Å². The van der Waals surface area contributed by atoms with Gasteiger partial charge in [0, 0.05) is 25.6 Å². The van der Waals surface area contributed by atoms with Crippen LogP contribution in [0.1, 0.15) is 44.6 Å². The number of hydrogen-bond acceptors (Lipinski definition) is 1. The lowest BCUT2D eigenvalue weighted by Gasteiger charge is -2.43. The average molecular weight is 273 g/mol. The van der Waals surface area contributed by atoms with Gasteiger partial charge in [0.05, 0.1) is 0 Å². The van der Waals surface area contributed by atoms with Gasteiger partial charge >= 0.3 is 0 Å². The summed E-state index contributed by atoms with van der Waals surface area (Å²) in [4.78, 5) is 4.31. The van der Waals surface area contributed by atoms with E-state index in [1.807, 2.05) is 7.05 Å². The van der Waals surface area contributed by atoms with E-state index < -0.39 is 0 Å². The first-order valence-electron chi connectivity index (χ1n) is 7.81. The number of unbranched alkanes of at least 4 members (excludes halogenated alkanes) is 1. The molecule has 3 heteroatoms. The Morgan fingerprint density at radius 3 is 2.50 bits per heavy atom. The lowest BCUT2D eigenvalue weighted by atomic mass is 9.64. The zero-order valence-corrected chi connectivity index (χ0v) is 12.8. The summed E-state index contributed by atoms with van der Waals surface area (Å²) in [6.45, 7) is 4.17. The van der Waals surface area contributed by atoms with E-state index in [1.54, 1.807) is 0 Å². The molecule has 1 saturated carbocycles. The molecule has 1 aromatic carbocycles. The number of hydrogen-bond donors (Lipinski definition) is 2. The molecule has 3 nitrogen and oxygen atoms in total. The SMILES string of the molecule is CCCCNC(=NC)NCC1(c2ccccc2)CCC1. The predicted octanol–water partition coefficient (Wildman–Crippen LogP) is 3.07. The van der Waals surface area contributed by atoms with Gasteiger partial charge in [-0.15, -0.1) is 0 Å². The first kappa shape index (κ1) is 14.9. The largest absolute Gasteiger partial charge is 0.356 e. The van der Waals surface area contributed by atoms with E-state index in [0.717, 1.165) is 19.0 Å². The third-order valence-electron chi connectivity index (χ3n) is 4.34. The van der Waals surface area contributed by atoms with E-state index in [0.29, 0.717) is 5.41 Å². The summed E-state index contributed by atoms with van der Waals surface area (Å²) in [6.07, 6.45) is 6.27.